The number of hydrogen-bond acceptors (Lipinski definition) is 5. The molecule has 7 nitrogen and oxygen atoms in total. The molecule has 0 aliphatic rings. The van der Waals surface area contributed by atoms with Crippen LogP contribution in [0.5, 0.6) is 5.75 Å². The predicted molar refractivity (Wildman–Crippen MR) is 118 cm³/mol. The zero-order chi connectivity index (χ0) is 21.7. The van der Waals surface area contributed by atoms with Gasteiger partial charge in [-0.3, -0.25) is 9.48 Å². The zero-order valence-electron chi connectivity index (χ0n) is 16.2. The summed E-state index contributed by atoms with van der Waals surface area (Å²) in [5, 5.41) is 8.55. The van der Waals surface area contributed by atoms with Gasteiger partial charge in [0.15, 0.2) is 0 Å². The first kappa shape index (κ1) is 21.7. The second-order valence-electron chi connectivity index (χ2n) is 6.34. The van der Waals surface area contributed by atoms with Crippen LogP contribution in [0.15, 0.2) is 58.1 Å². The summed E-state index contributed by atoms with van der Waals surface area (Å²) in [7, 11) is 0. The maximum atomic E-state index is 12.4. The molecular formula is C21H18BrClN4O3. The number of aryl methyl sites for hydroxylation is 1. The number of hydrogen-bond donors (Lipinski definition) is 1. The predicted octanol–water partition coefficient (Wildman–Crippen LogP) is 4.29. The van der Waals surface area contributed by atoms with Crippen LogP contribution in [0.3, 0.4) is 0 Å². The van der Waals surface area contributed by atoms with E-state index in [1.165, 1.54) is 6.21 Å². The van der Waals surface area contributed by atoms with Gasteiger partial charge >= 0.3 is 5.97 Å². The molecule has 0 unspecified atom stereocenters. The Morgan fingerprint density at radius 3 is 2.60 bits per heavy atom. The molecule has 30 heavy (non-hydrogen) atoms. The Morgan fingerprint density at radius 1 is 1.20 bits per heavy atom. The van der Waals surface area contributed by atoms with Gasteiger partial charge in [-0.2, -0.15) is 10.2 Å². The molecule has 2 aromatic carbocycles. The monoisotopic (exact) mass is 488 g/mol. The first-order valence-electron chi connectivity index (χ1n) is 8.94. The van der Waals surface area contributed by atoms with Gasteiger partial charge in [0.2, 0.25) is 0 Å². The fourth-order valence-electron chi connectivity index (χ4n) is 2.64. The topological polar surface area (TPSA) is 85.6 Å². The molecule has 0 aliphatic carbocycles. The fourth-order valence-corrected chi connectivity index (χ4v) is 3.13. The molecule has 154 valence electrons. The minimum Gasteiger partial charge on any atom is -0.422 e. The molecule has 0 radical (unpaired) electrons. The number of benzene rings is 2. The number of nitrogens with one attached hydrogen (secondary N) is 1. The number of para-hydroxylation sites is 1. The highest BCUT2D eigenvalue weighted by Gasteiger charge is 2.14. The third-order valence-electron chi connectivity index (χ3n) is 4.19. The molecular weight excluding hydrogens is 472 g/mol. The summed E-state index contributed by atoms with van der Waals surface area (Å²) >= 11 is 9.48. The van der Waals surface area contributed by atoms with E-state index in [9.17, 15) is 9.59 Å². The van der Waals surface area contributed by atoms with Crippen molar-refractivity contribution >= 4 is 45.6 Å². The fraction of sp³-hybridized carbons (Fsp3) is 0.143. The largest absolute Gasteiger partial charge is 0.422 e. The van der Waals surface area contributed by atoms with Crippen molar-refractivity contribution in [2.75, 3.05) is 0 Å². The Balaban J connectivity index is 1.66. The lowest BCUT2D eigenvalue weighted by Crippen LogP contribution is -2.24. The number of hydrazone groups is 1. The first-order chi connectivity index (χ1) is 14.4. The van der Waals surface area contributed by atoms with E-state index in [0.29, 0.717) is 16.3 Å². The molecule has 1 heterocycles. The summed E-state index contributed by atoms with van der Waals surface area (Å²) < 4.78 is 7.91. The van der Waals surface area contributed by atoms with E-state index in [1.807, 2.05) is 13.8 Å². The van der Waals surface area contributed by atoms with E-state index in [0.717, 1.165) is 15.9 Å². The van der Waals surface area contributed by atoms with Gasteiger partial charge in [-0.25, -0.2) is 10.2 Å². The minimum atomic E-state index is -0.583. The molecule has 0 saturated heterocycles. The van der Waals surface area contributed by atoms with Crippen LogP contribution in [0.4, 0.5) is 0 Å². The third-order valence-corrected chi connectivity index (χ3v) is 5.67. The first-order valence-corrected chi connectivity index (χ1v) is 10.1. The number of halogens is 2. The maximum absolute atomic E-state index is 12.4. The Bertz CT molecular complexity index is 1130. The number of nitrogens with zero attached hydrogens (tertiary/aromatic N) is 3. The van der Waals surface area contributed by atoms with E-state index in [1.54, 1.807) is 53.2 Å². The number of aromatic nitrogens is 2. The van der Waals surface area contributed by atoms with Crippen molar-refractivity contribution in [1.82, 2.24) is 15.2 Å². The van der Waals surface area contributed by atoms with Gasteiger partial charge in [0.05, 0.1) is 32.7 Å². The molecule has 0 atom stereocenters. The van der Waals surface area contributed by atoms with E-state index in [2.05, 4.69) is 31.6 Å². The highest BCUT2D eigenvalue weighted by Crippen LogP contribution is 2.21. The average Bonchev–Trinajstić information content (AvgIpc) is 2.96. The second kappa shape index (κ2) is 9.69. The molecule has 0 fully saturated rings. The summed E-state index contributed by atoms with van der Waals surface area (Å²) in [5.41, 5.74) is 4.88. The van der Waals surface area contributed by atoms with Crippen LogP contribution >= 0.6 is 27.5 Å². The molecule has 0 bridgehead atoms. The van der Waals surface area contributed by atoms with E-state index in [-0.39, 0.29) is 18.0 Å². The van der Waals surface area contributed by atoms with Crippen LogP contribution in [0.25, 0.3) is 0 Å². The molecule has 9 heteroatoms. The van der Waals surface area contributed by atoms with Crippen LogP contribution in [0.2, 0.25) is 5.02 Å². The summed E-state index contributed by atoms with van der Waals surface area (Å²) in [6.45, 7) is 3.74. The Morgan fingerprint density at radius 2 is 1.90 bits per heavy atom. The van der Waals surface area contributed by atoms with Gasteiger partial charge in [0.25, 0.3) is 5.91 Å². The normalized spacial score (nSPS) is 10.9. The summed E-state index contributed by atoms with van der Waals surface area (Å²) in [5.74, 6) is -0.627. The van der Waals surface area contributed by atoms with Crippen LogP contribution in [0.1, 0.15) is 27.3 Å². The number of carbonyl (C=O) groups excluding carboxylic acids is 2. The van der Waals surface area contributed by atoms with Crippen molar-refractivity contribution in [3.8, 4) is 5.75 Å². The van der Waals surface area contributed by atoms with Gasteiger partial charge < -0.3 is 4.74 Å². The minimum absolute atomic E-state index is 0.0265. The standard InChI is InChI=1S/C21H18BrClN4O3/c1-13-20(22)14(2)27(26-13)12-19(28)25-24-11-15-7-3-6-10-18(15)30-21(29)16-8-4-5-9-17(16)23/h3-11H,12H2,1-2H3,(H,25,28). The van der Waals surface area contributed by atoms with Crippen molar-refractivity contribution < 1.29 is 14.3 Å². The molecule has 3 aromatic rings. The molecule has 1 N–H and O–H groups in total. The maximum Gasteiger partial charge on any atom is 0.345 e. The smallest absolute Gasteiger partial charge is 0.345 e. The molecule has 0 aliphatic heterocycles. The lowest BCUT2D eigenvalue weighted by Gasteiger charge is -2.08. The van der Waals surface area contributed by atoms with Crippen LogP contribution < -0.4 is 10.2 Å². The van der Waals surface area contributed by atoms with Crippen molar-refractivity contribution in [2.45, 2.75) is 20.4 Å². The van der Waals surface area contributed by atoms with Crippen LogP contribution in [-0.4, -0.2) is 27.9 Å². The highest BCUT2D eigenvalue weighted by molar-refractivity contribution is 9.10. The molecule has 1 aromatic heterocycles. The number of ether oxygens (including phenoxy) is 1. The molecule has 0 saturated carbocycles. The van der Waals surface area contributed by atoms with E-state index >= 15 is 0 Å². The SMILES string of the molecule is Cc1nn(CC(=O)NN=Cc2ccccc2OC(=O)c2ccccc2Cl)c(C)c1Br. The lowest BCUT2D eigenvalue weighted by molar-refractivity contribution is -0.121. The summed E-state index contributed by atoms with van der Waals surface area (Å²) in [4.78, 5) is 24.6. The third kappa shape index (κ3) is 5.14. The Labute approximate surface area is 186 Å². The van der Waals surface area contributed by atoms with Gasteiger partial charge in [0.1, 0.15) is 12.3 Å². The van der Waals surface area contributed by atoms with Crippen molar-refractivity contribution in [3.63, 3.8) is 0 Å². The summed E-state index contributed by atoms with van der Waals surface area (Å²) in [6.07, 6.45) is 1.41. The number of amides is 1. The van der Waals surface area contributed by atoms with Gasteiger partial charge in [0, 0.05) is 5.56 Å². The average molecular weight is 490 g/mol. The van der Waals surface area contributed by atoms with Crippen molar-refractivity contribution in [3.05, 3.63) is 80.5 Å². The van der Waals surface area contributed by atoms with Crippen molar-refractivity contribution in [2.24, 2.45) is 5.10 Å². The lowest BCUT2D eigenvalue weighted by atomic mass is 10.2. The van der Waals surface area contributed by atoms with Gasteiger partial charge in [-0.05, 0) is 54.0 Å². The Hall–Kier alpha value is -2.97. The summed E-state index contributed by atoms with van der Waals surface area (Å²) in [6, 6.07) is 13.5. The molecule has 1 amide bonds. The van der Waals surface area contributed by atoms with Gasteiger partial charge in [-0.15, -0.1) is 0 Å². The van der Waals surface area contributed by atoms with Gasteiger partial charge in [-0.1, -0.05) is 35.9 Å². The number of rotatable bonds is 6. The number of esters is 1. The zero-order valence-corrected chi connectivity index (χ0v) is 18.6. The number of carbonyl (C=O) groups is 2. The molecule has 0 spiro atoms. The van der Waals surface area contributed by atoms with E-state index in [4.69, 9.17) is 16.3 Å². The van der Waals surface area contributed by atoms with Crippen molar-refractivity contribution in [1.29, 1.82) is 0 Å². The Kier molecular flexibility index (Phi) is 7.02. The van der Waals surface area contributed by atoms with E-state index < -0.39 is 5.97 Å². The molecule has 3 rings (SSSR count). The quantitative estimate of drug-likeness (QED) is 0.242. The second-order valence-corrected chi connectivity index (χ2v) is 7.54. The van der Waals surface area contributed by atoms with Crippen LogP contribution in [-0.2, 0) is 11.3 Å². The van der Waals surface area contributed by atoms with Crippen LogP contribution in [0, 0.1) is 13.8 Å². The highest BCUT2D eigenvalue weighted by atomic mass is 79.9.